The standard InChI is InChI=1S/C13H18O3/c1-13(2)8-15-12(16-9-13)11-5-3-10(7-14)4-6-11/h3-6,12,14H,7-9H2,1-2H3. The first-order valence-electron chi connectivity index (χ1n) is 5.54. The first-order valence-corrected chi connectivity index (χ1v) is 5.54. The van der Waals surface area contributed by atoms with Crippen molar-refractivity contribution in [3.05, 3.63) is 35.4 Å². The molecular formula is C13H18O3. The SMILES string of the molecule is CC1(C)COC(c2ccc(CO)cc2)OC1. The van der Waals surface area contributed by atoms with Crippen LogP contribution in [0.4, 0.5) is 0 Å². The van der Waals surface area contributed by atoms with Crippen LogP contribution >= 0.6 is 0 Å². The Bertz CT molecular complexity index is 333. The van der Waals surface area contributed by atoms with Gasteiger partial charge in [0.25, 0.3) is 0 Å². The molecule has 88 valence electrons. The molecule has 1 aliphatic heterocycles. The lowest BCUT2D eigenvalue weighted by Crippen LogP contribution is -2.33. The van der Waals surface area contributed by atoms with Crippen molar-refractivity contribution in [2.45, 2.75) is 26.7 Å². The third-order valence-corrected chi connectivity index (χ3v) is 2.69. The van der Waals surface area contributed by atoms with Crippen molar-refractivity contribution >= 4 is 0 Å². The number of rotatable bonds is 2. The van der Waals surface area contributed by atoms with Crippen LogP contribution < -0.4 is 0 Å². The van der Waals surface area contributed by atoms with Gasteiger partial charge in [-0.25, -0.2) is 0 Å². The minimum absolute atomic E-state index is 0.0691. The molecule has 1 aromatic rings. The van der Waals surface area contributed by atoms with Crippen molar-refractivity contribution in [2.75, 3.05) is 13.2 Å². The monoisotopic (exact) mass is 222 g/mol. The molecule has 1 aliphatic rings. The predicted octanol–water partition coefficient (Wildman–Crippen LogP) is 2.25. The van der Waals surface area contributed by atoms with Crippen molar-refractivity contribution in [1.82, 2.24) is 0 Å². The molecule has 0 aliphatic carbocycles. The number of hydrogen-bond acceptors (Lipinski definition) is 3. The van der Waals surface area contributed by atoms with Crippen LogP contribution in [-0.2, 0) is 16.1 Å². The zero-order valence-corrected chi connectivity index (χ0v) is 9.77. The Morgan fingerprint density at radius 2 is 1.75 bits per heavy atom. The highest BCUT2D eigenvalue weighted by molar-refractivity contribution is 5.23. The predicted molar refractivity (Wildman–Crippen MR) is 60.8 cm³/mol. The highest BCUT2D eigenvalue weighted by Gasteiger charge is 2.28. The minimum atomic E-state index is -0.263. The van der Waals surface area contributed by atoms with E-state index in [1.54, 1.807) is 0 Å². The quantitative estimate of drug-likeness (QED) is 0.834. The van der Waals surface area contributed by atoms with Gasteiger partial charge in [0, 0.05) is 11.0 Å². The van der Waals surface area contributed by atoms with E-state index in [0.717, 1.165) is 11.1 Å². The zero-order valence-electron chi connectivity index (χ0n) is 9.77. The highest BCUT2D eigenvalue weighted by atomic mass is 16.7. The fraction of sp³-hybridized carbons (Fsp3) is 0.538. The molecular weight excluding hydrogens is 204 g/mol. The molecule has 0 amide bonds. The highest BCUT2D eigenvalue weighted by Crippen LogP contribution is 2.30. The number of aliphatic hydroxyl groups is 1. The first kappa shape index (κ1) is 11.6. The van der Waals surface area contributed by atoms with Crippen LogP contribution in [0.3, 0.4) is 0 Å². The molecule has 16 heavy (non-hydrogen) atoms. The summed E-state index contributed by atoms with van der Waals surface area (Å²) < 4.78 is 11.3. The summed E-state index contributed by atoms with van der Waals surface area (Å²) in [5.41, 5.74) is 2.01. The van der Waals surface area contributed by atoms with Crippen molar-refractivity contribution in [3.8, 4) is 0 Å². The molecule has 0 spiro atoms. The average molecular weight is 222 g/mol. The Balaban J connectivity index is 2.03. The lowest BCUT2D eigenvalue weighted by Gasteiger charge is -2.34. The van der Waals surface area contributed by atoms with E-state index < -0.39 is 0 Å². The van der Waals surface area contributed by atoms with Gasteiger partial charge in [-0.1, -0.05) is 38.1 Å². The summed E-state index contributed by atoms with van der Waals surface area (Å²) in [5, 5.41) is 8.94. The molecule has 2 rings (SSSR count). The van der Waals surface area contributed by atoms with E-state index >= 15 is 0 Å². The van der Waals surface area contributed by atoms with E-state index in [0.29, 0.717) is 13.2 Å². The van der Waals surface area contributed by atoms with Gasteiger partial charge in [0.2, 0.25) is 0 Å². The number of aliphatic hydroxyl groups excluding tert-OH is 1. The van der Waals surface area contributed by atoms with Crippen LogP contribution in [0.15, 0.2) is 24.3 Å². The third-order valence-electron chi connectivity index (χ3n) is 2.69. The van der Waals surface area contributed by atoms with Crippen molar-refractivity contribution in [3.63, 3.8) is 0 Å². The van der Waals surface area contributed by atoms with Gasteiger partial charge in [-0.3, -0.25) is 0 Å². The van der Waals surface area contributed by atoms with Crippen molar-refractivity contribution in [1.29, 1.82) is 0 Å². The Morgan fingerprint density at radius 3 is 2.25 bits per heavy atom. The largest absolute Gasteiger partial charge is 0.392 e. The maximum Gasteiger partial charge on any atom is 0.183 e. The summed E-state index contributed by atoms with van der Waals surface area (Å²) in [7, 11) is 0. The Labute approximate surface area is 96.0 Å². The van der Waals surface area contributed by atoms with E-state index in [1.807, 2.05) is 24.3 Å². The molecule has 1 saturated heterocycles. The van der Waals surface area contributed by atoms with E-state index in [9.17, 15) is 0 Å². The van der Waals surface area contributed by atoms with E-state index in [-0.39, 0.29) is 18.3 Å². The number of ether oxygens (including phenoxy) is 2. The molecule has 0 unspecified atom stereocenters. The smallest absolute Gasteiger partial charge is 0.183 e. The van der Waals surface area contributed by atoms with Crippen LogP contribution in [0.1, 0.15) is 31.3 Å². The fourth-order valence-electron chi connectivity index (χ4n) is 1.66. The molecule has 0 aromatic heterocycles. The van der Waals surface area contributed by atoms with Gasteiger partial charge in [0.15, 0.2) is 6.29 Å². The Hall–Kier alpha value is -0.900. The number of hydrogen-bond donors (Lipinski definition) is 1. The second kappa shape index (κ2) is 4.53. The van der Waals surface area contributed by atoms with Crippen LogP contribution in [0.5, 0.6) is 0 Å². The van der Waals surface area contributed by atoms with Gasteiger partial charge in [0.05, 0.1) is 19.8 Å². The van der Waals surface area contributed by atoms with Crippen molar-refractivity contribution in [2.24, 2.45) is 5.41 Å². The van der Waals surface area contributed by atoms with Gasteiger partial charge in [-0.15, -0.1) is 0 Å². The Morgan fingerprint density at radius 1 is 1.19 bits per heavy atom. The maximum absolute atomic E-state index is 8.94. The maximum atomic E-state index is 8.94. The minimum Gasteiger partial charge on any atom is -0.392 e. The second-order valence-corrected chi connectivity index (χ2v) is 5.02. The lowest BCUT2D eigenvalue weighted by molar-refractivity contribution is -0.226. The van der Waals surface area contributed by atoms with Crippen LogP contribution in [0.2, 0.25) is 0 Å². The molecule has 3 heteroatoms. The second-order valence-electron chi connectivity index (χ2n) is 5.02. The number of benzene rings is 1. The van der Waals surface area contributed by atoms with Crippen LogP contribution in [0, 0.1) is 5.41 Å². The van der Waals surface area contributed by atoms with Gasteiger partial charge in [-0.2, -0.15) is 0 Å². The van der Waals surface area contributed by atoms with E-state index in [4.69, 9.17) is 14.6 Å². The fourth-order valence-corrected chi connectivity index (χ4v) is 1.66. The molecule has 3 nitrogen and oxygen atoms in total. The van der Waals surface area contributed by atoms with Crippen LogP contribution in [-0.4, -0.2) is 18.3 Å². The summed E-state index contributed by atoms with van der Waals surface area (Å²) in [6.07, 6.45) is -0.263. The van der Waals surface area contributed by atoms with E-state index in [1.165, 1.54) is 0 Å². The normalized spacial score (nSPS) is 20.9. The summed E-state index contributed by atoms with van der Waals surface area (Å²) in [6.45, 7) is 5.73. The summed E-state index contributed by atoms with van der Waals surface area (Å²) >= 11 is 0. The van der Waals surface area contributed by atoms with Crippen molar-refractivity contribution < 1.29 is 14.6 Å². The molecule has 1 aromatic carbocycles. The van der Waals surface area contributed by atoms with Gasteiger partial charge < -0.3 is 14.6 Å². The molecule has 1 fully saturated rings. The molecule has 1 N–H and O–H groups in total. The summed E-state index contributed by atoms with van der Waals surface area (Å²) in [5.74, 6) is 0. The lowest BCUT2D eigenvalue weighted by atomic mass is 9.95. The van der Waals surface area contributed by atoms with Gasteiger partial charge in [0.1, 0.15) is 0 Å². The molecule has 0 radical (unpaired) electrons. The molecule has 0 atom stereocenters. The third kappa shape index (κ3) is 2.61. The molecule has 0 bridgehead atoms. The Kier molecular flexibility index (Phi) is 3.28. The summed E-state index contributed by atoms with van der Waals surface area (Å²) in [6, 6.07) is 7.66. The van der Waals surface area contributed by atoms with E-state index in [2.05, 4.69) is 13.8 Å². The van der Waals surface area contributed by atoms with Gasteiger partial charge >= 0.3 is 0 Å². The average Bonchev–Trinajstić information content (AvgIpc) is 2.29. The van der Waals surface area contributed by atoms with Crippen LogP contribution in [0.25, 0.3) is 0 Å². The molecule has 1 heterocycles. The zero-order chi connectivity index (χ0) is 11.6. The molecule has 0 saturated carbocycles. The van der Waals surface area contributed by atoms with Gasteiger partial charge in [-0.05, 0) is 5.56 Å². The summed E-state index contributed by atoms with van der Waals surface area (Å²) in [4.78, 5) is 0. The topological polar surface area (TPSA) is 38.7 Å². The first-order chi connectivity index (χ1) is 7.61.